The first-order valence-electron chi connectivity index (χ1n) is 28.7. The fourth-order valence-electron chi connectivity index (χ4n) is 8.64. The summed E-state index contributed by atoms with van der Waals surface area (Å²) in [6, 6.07) is -0.900. The highest BCUT2D eigenvalue weighted by Gasteiger charge is 2.23. The lowest BCUT2D eigenvalue weighted by Gasteiger charge is -2.29. The number of rotatable bonds is 53. The number of phosphoric acid groups is 1. The van der Waals surface area contributed by atoms with Crippen molar-refractivity contribution in [1.29, 1.82) is 0 Å². The van der Waals surface area contributed by atoms with Gasteiger partial charge in [0.25, 0.3) is 7.82 Å². The molecule has 0 saturated carbocycles. The summed E-state index contributed by atoms with van der Waals surface area (Å²) in [6.07, 6.45) is 61.1. The SMILES string of the molecule is CCCCCCCCCCCCCCC/C=C/CC/C=C/C(O)C(COP(=O)([O-])OCC[N+](C)(C)C)NC(=O)CCCCCCCCCCCCCCCCCCCCCCCCCCC. The van der Waals surface area contributed by atoms with Gasteiger partial charge in [0.1, 0.15) is 13.2 Å². The average Bonchev–Trinajstić information content (AvgIpc) is 3.28. The Labute approximate surface area is 411 Å². The number of nitrogens with zero attached hydrogens (tertiary/aromatic N) is 1. The van der Waals surface area contributed by atoms with Gasteiger partial charge < -0.3 is 28.8 Å². The van der Waals surface area contributed by atoms with Crippen LogP contribution < -0.4 is 10.2 Å². The molecule has 3 unspecified atom stereocenters. The van der Waals surface area contributed by atoms with Crippen molar-refractivity contribution in [3.8, 4) is 0 Å². The lowest BCUT2D eigenvalue weighted by Crippen LogP contribution is -2.45. The van der Waals surface area contributed by atoms with Crippen molar-refractivity contribution in [2.24, 2.45) is 0 Å². The Morgan fingerprint density at radius 1 is 0.515 bits per heavy atom. The number of amides is 1. The quantitative estimate of drug-likeness (QED) is 0.0272. The van der Waals surface area contributed by atoms with Gasteiger partial charge in [-0.1, -0.05) is 269 Å². The molecular formula is C57H113N2O6P. The van der Waals surface area contributed by atoms with E-state index in [0.717, 1.165) is 38.5 Å². The van der Waals surface area contributed by atoms with E-state index in [4.69, 9.17) is 9.05 Å². The summed E-state index contributed by atoms with van der Waals surface area (Å²) >= 11 is 0. The van der Waals surface area contributed by atoms with E-state index in [1.807, 2.05) is 27.2 Å². The van der Waals surface area contributed by atoms with Crippen LogP contribution in [0.2, 0.25) is 0 Å². The number of likely N-dealkylation sites (N-methyl/N-ethyl adjacent to an activating group) is 1. The number of aliphatic hydroxyl groups is 1. The van der Waals surface area contributed by atoms with E-state index >= 15 is 0 Å². The molecule has 8 nitrogen and oxygen atoms in total. The molecule has 1 amide bonds. The molecule has 3 atom stereocenters. The summed E-state index contributed by atoms with van der Waals surface area (Å²) < 4.78 is 23.3. The minimum absolute atomic E-state index is 0.00375. The van der Waals surface area contributed by atoms with Gasteiger partial charge in [0.2, 0.25) is 5.91 Å². The Balaban J connectivity index is 4.20. The molecule has 392 valence electrons. The van der Waals surface area contributed by atoms with Crippen LogP contribution in [0, 0.1) is 0 Å². The molecule has 0 fully saturated rings. The Bertz CT molecular complexity index is 1130. The van der Waals surface area contributed by atoms with Gasteiger partial charge in [-0.2, -0.15) is 0 Å². The number of nitrogens with one attached hydrogen (secondary N) is 1. The van der Waals surface area contributed by atoms with Crippen LogP contribution in [0.25, 0.3) is 0 Å². The number of allylic oxidation sites excluding steroid dienone is 3. The number of hydrogen-bond acceptors (Lipinski definition) is 6. The van der Waals surface area contributed by atoms with E-state index < -0.39 is 20.0 Å². The minimum Gasteiger partial charge on any atom is -0.756 e. The molecule has 9 heteroatoms. The third kappa shape index (κ3) is 50.8. The predicted molar refractivity (Wildman–Crippen MR) is 284 cm³/mol. The van der Waals surface area contributed by atoms with Gasteiger partial charge in [-0.3, -0.25) is 9.36 Å². The largest absolute Gasteiger partial charge is 0.756 e. The number of carbonyl (C=O) groups excluding carboxylic acids is 1. The van der Waals surface area contributed by atoms with E-state index in [1.54, 1.807) is 6.08 Å². The zero-order valence-corrected chi connectivity index (χ0v) is 45.6. The van der Waals surface area contributed by atoms with Crippen LogP contribution >= 0.6 is 7.82 Å². The topological polar surface area (TPSA) is 108 Å². The van der Waals surface area contributed by atoms with Crippen molar-refractivity contribution in [3.63, 3.8) is 0 Å². The number of hydrogen-bond donors (Lipinski definition) is 2. The number of carbonyl (C=O) groups is 1. The molecular weight excluding hydrogens is 840 g/mol. The van der Waals surface area contributed by atoms with Crippen molar-refractivity contribution in [2.45, 2.75) is 296 Å². The fraction of sp³-hybridized carbons (Fsp3) is 0.912. The highest BCUT2D eigenvalue weighted by atomic mass is 31.2. The van der Waals surface area contributed by atoms with E-state index in [2.05, 4.69) is 31.3 Å². The molecule has 2 N–H and O–H groups in total. The molecule has 0 aromatic heterocycles. The van der Waals surface area contributed by atoms with Crippen LogP contribution in [0.15, 0.2) is 24.3 Å². The lowest BCUT2D eigenvalue weighted by atomic mass is 10.0. The van der Waals surface area contributed by atoms with Crippen molar-refractivity contribution in [1.82, 2.24) is 5.32 Å². The number of unbranched alkanes of at least 4 members (excludes halogenated alkanes) is 38. The molecule has 0 bridgehead atoms. The van der Waals surface area contributed by atoms with Gasteiger partial charge in [0.15, 0.2) is 0 Å². The maximum atomic E-state index is 13.0. The predicted octanol–water partition coefficient (Wildman–Crippen LogP) is 16.6. The molecule has 0 aromatic carbocycles. The van der Waals surface area contributed by atoms with Crippen molar-refractivity contribution in [3.05, 3.63) is 24.3 Å². The summed E-state index contributed by atoms with van der Waals surface area (Å²) in [5.74, 6) is -0.201. The second-order valence-corrected chi connectivity index (χ2v) is 22.4. The molecule has 0 radical (unpaired) electrons. The first kappa shape index (κ1) is 65.0. The zero-order chi connectivity index (χ0) is 48.5. The number of quaternary nitrogens is 1. The molecule has 0 aromatic rings. The van der Waals surface area contributed by atoms with Crippen LogP contribution in [0.5, 0.6) is 0 Å². The van der Waals surface area contributed by atoms with Gasteiger partial charge in [-0.15, -0.1) is 0 Å². The summed E-state index contributed by atoms with van der Waals surface area (Å²) in [7, 11) is 1.26. The summed E-state index contributed by atoms with van der Waals surface area (Å²) in [4.78, 5) is 25.5. The van der Waals surface area contributed by atoms with Crippen LogP contribution in [-0.4, -0.2) is 68.5 Å². The Kier molecular flexibility index (Phi) is 48.2. The highest BCUT2D eigenvalue weighted by molar-refractivity contribution is 7.45. The summed E-state index contributed by atoms with van der Waals surface area (Å²) in [5, 5.41) is 13.9. The second-order valence-electron chi connectivity index (χ2n) is 21.0. The first-order chi connectivity index (χ1) is 32.0. The van der Waals surface area contributed by atoms with Gasteiger partial charge in [0.05, 0.1) is 39.9 Å². The molecule has 0 heterocycles. The van der Waals surface area contributed by atoms with E-state index in [-0.39, 0.29) is 19.1 Å². The average molecular weight is 954 g/mol. The van der Waals surface area contributed by atoms with Crippen LogP contribution in [0.3, 0.4) is 0 Å². The maximum absolute atomic E-state index is 13.0. The van der Waals surface area contributed by atoms with Crippen LogP contribution in [0.1, 0.15) is 284 Å². The monoisotopic (exact) mass is 953 g/mol. The fourth-order valence-corrected chi connectivity index (χ4v) is 9.37. The lowest BCUT2D eigenvalue weighted by molar-refractivity contribution is -0.870. The standard InChI is InChI=1S/C57H113N2O6P/c1-6-8-10-12-14-16-18-20-22-24-26-27-28-29-30-31-33-35-37-39-41-43-45-47-49-51-57(61)58-55(54-65-66(62,63)64-53-52-59(3,4)5)56(60)50-48-46-44-42-40-38-36-34-32-25-23-21-19-17-15-13-11-9-7-2/h40,42,48,50,55-56,60H,6-39,41,43-47,49,51-54H2,1-5H3,(H-,58,61,62,63)/b42-40+,50-48+. The van der Waals surface area contributed by atoms with Crippen molar-refractivity contribution in [2.75, 3.05) is 40.9 Å². The van der Waals surface area contributed by atoms with E-state index in [0.29, 0.717) is 17.4 Å². The summed E-state index contributed by atoms with van der Waals surface area (Å²) in [5.41, 5.74) is 0. The van der Waals surface area contributed by atoms with Crippen molar-refractivity contribution >= 4 is 13.7 Å². The van der Waals surface area contributed by atoms with Gasteiger partial charge in [0, 0.05) is 6.42 Å². The minimum atomic E-state index is -4.60. The molecule has 0 aliphatic heterocycles. The molecule has 0 aliphatic carbocycles. The summed E-state index contributed by atoms with van der Waals surface area (Å²) in [6.45, 7) is 4.67. The smallest absolute Gasteiger partial charge is 0.268 e. The third-order valence-corrected chi connectivity index (χ3v) is 14.1. The first-order valence-corrected chi connectivity index (χ1v) is 30.2. The van der Waals surface area contributed by atoms with E-state index in [9.17, 15) is 19.4 Å². The van der Waals surface area contributed by atoms with Gasteiger partial charge in [-0.05, 0) is 32.1 Å². The number of aliphatic hydroxyl groups excluding tert-OH is 1. The Morgan fingerprint density at radius 3 is 1.23 bits per heavy atom. The van der Waals surface area contributed by atoms with Crippen LogP contribution in [-0.2, 0) is 18.4 Å². The Hall–Kier alpha value is -1.02. The molecule has 0 spiro atoms. The van der Waals surface area contributed by atoms with Crippen molar-refractivity contribution < 1.29 is 32.9 Å². The normalized spacial score (nSPS) is 14.1. The molecule has 66 heavy (non-hydrogen) atoms. The molecule has 0 aliphatic rings. The van der Waals surface area contributed by atoms with Crippen LogP contribution in [0.4, 0.5) is 0 Å². The molecule has 0 rings (SSSR count). The maximum Gasteiger partial charge on any atom is 0.268 e. The Morgan fingerprint density at radius 2 is 0.848 bits per heavy atom. The third-order valence-electron chi connectivity index (χ3n) is 13.2. The van der Waals surface area contributed by atoms with Gasteiger partial charge in [-0.25, -0.2) is 0 Å². The second kappa shape index (κ2) is 49.0. The molecule has 0 saturated heterocycles. The zero-order valence-electron chi connectivity index (χ0n) is 44.7. The highest BCUT2D eigenvalue weighted by Crippen LogP contribution is 2.38. The van der Waals surface area contributed by atoms with Gasteiger partial charge >= 0.3 is 0 Å². The van der Waals surface area contributed by atoms with E-state index in [1.165, 1.54) is 225 Å². The number of phosphoric ester groups is 1.